The Morgan fingerprint density at radius 2 is 2.21 bits per heavy atom. The summed E-state index contributed by atoms with van der Waals surface area (Å²) in [7, 11) is 0. The molecule has 0 bridgehead atoms. The predicted octanol–water partition coefficient (Wildman–Crippen LogP) is 3.95. The number of amides is 1. The number of thioether (sulfide) groups is 1. The minimum atomic E-state index is -0.160. The molecule has 1 amide bonds. The molecule has 0 N–H and O–H groups in total. The maximum absolute atomic E-state index is 14.0. The lowest BCUT2D eigenvalue weighted by molar-refractivity contribution is 0.0770. The van der Waals surface area contributed by atoms with Crippen molar-refractivity contribution in [3.8, 4) is 0 Å². The number of hydrogen-bond donors (Lipinski definition) is 0. The van der Waals surface area contributed by atoms with Gasteiger partial charge in [-0.05, 0) is 30.4 Å². The van der Waals surface area contributed by atoms with Gasteiger partial charge in [0.1, 0.15) is 10.7 Å². The topological polar surface area (TPSA) is 46.1 Å². The Hall–Kier alpha value is -1.47. The van der Waals surface area contributed by atoms with Gasteiger partial charge in [0.15, 0.2) is 0 Å². The van der Waals surface area contributed by atoms with Crippen molar-refractivity contribution in [1.29, 1.82) is 0 Å². The lowest BCUT2D eigenvalue weighted by Gasteiger charge is -2.19. The maximum atomic E-state index is 14.0. The van der Waals surface area contributed by atoms with Crippen LogP contribution in [0.25, 0.3) is 0 Å². The molecule has 1 saturated heterocycles. The van der Waals surface area contributed by atoms with Crippen molar-refractivity contribution in [2.24, 2.45) is 0 Å². The standard InChI is InChI=1S/C17H20FN3OS2/c1-2-5-14-16(24-20-19-14)17(22)21-9-8-15(23-11-10-21)12-6-3-4-7-13(12)18/h3-4,6-7,15H,2,5,8-11H2,1H3. The van der Waals surface area contributed by atoms with Crippen LogP contribution in [0, 0.1) is 5.82 Å². The van der Waals surface area contributed by atoms with Gasteiger partial charge < -0.3 is 4.90 Å². The normalized spacial score (nSPS) is 18.4. The minimum Gasteiger partial charge on any atom is -0.337 e. The molecule has 7 heteroatoms. The highest BCUT2D eigenvalue weighted by atomic mass is 32.2. The molecule has 0 spiro atoms. The van der Waals surface area contributed by atoms with E-state index in [1.54, 1.807) is 17.8 Å². The molecule has 128 valence electrons. The minimum absolute atomic E-state index is 0.0169. The van der Waals surface area contributed by atoms with Gasteiger partial charge in [0.05, 0.1) is 5.69 Å². The molecule has 0 saturated carbocycles. The molecule has 0 radical (unpaired) electrons. The van der Waals surface area contributed by atoms with Crippen molar-refractivity contribution in [3.63, 3.8) is 0 Å². The number of aryl methyl sites for hydroxylation is 1. The summed E-state index contributed by atoms with van der Waals surface area (Å²) in [6.45, 7) is 3.38. The van der Waals surface area contributed by atoms with E-state index in [4.69, 9.17) is 0 Å². The number of nitrogens with zero attached hydrogens (tertiary/aromatic N) is 3. The number of carbonyl (C=O) groups is 1. The summed E-state index contributed by atoms with van der Waals surface area (Å²) < 4.78 is 18.0. The molecule has 1 fully saturated rings. The number of aromatic nitrogens is 2. The Morgan fingerprint density at radius 3 is 3.00 bits per heavy atom. The van der Waals surface area contributed by atoms with Crippen molar-refractivity contribution in [3.05, 3.63) is 46.2 Å². The largest absolute Gasteiger partial charge is 0.337 e. The summed E-state index contributed by atoms with van der Waals surface area (Å²) in [6, 6.07) is 6.93. The van der Waals surface area contributed by atoms with Crippen LogP contribution >= 0.6 is 23.3 Å². The van der Waals surface area contributed by atoms with E-state index in [2.05, 4.69) is 16.5 Å². The van der Waals surface area contributed by atoms with Gasteiger partial charge in [-0.1, -0.05) is 36.0 Å². The van der Waals surface area contributed by atoms with E-state index in [0.717, 1.165) is 36.3 Å². The van der Waals surface area contributed by atoms with E-state index >= 15 is 0 Å². The quantitative estimate of drug-likeness (QED) is 0.823. The molecule has 2 aromatic rings. The summed E-state index contributed by atoms with van der Waals surface area (Å²) >= 11 is 2.90. The molecule has 3 rings (SSSR count). The third-order valence-electron chi connectivity index (χ3n) is 4.12. The molecular formula is C17H20FN3OS2. The Balaban J connectivity index is 1.70. The summed E-state index contributed by atoms with van der Waals surface area (Å²) in [5, 5.41) is 4.18. The lowest BCUT2D eigenvalue weighted by atomic mass is 10.1. The van der Waals surface area contributed by atoms with Crippen molar-refractivity contribution >= 4 is 29.2 Å². The fraction of sp³-hybridized carbons (Fsp3) is 0.471. The van der Waals surface area contributed by atoms with Crippen LogP contribution in [0.3, 0.4) is 0 Å². The van der Waals surface area contributed by atoms with Crippen molar-refractivity contribution < 1.29 is 9.18 Å². The van der Waals surface area contributed by atoms with Gasteiger partial charge >= 0.3 is 0 Å². The Morgan fingerprint density at radius 1 is 1.38 bits per heavy atom. The first kappa shape index (κ1) is 17.4. The predicted molar refractivity (Wildman–Crippen MR) is 96.0 cm³/mol. The second kappa shape index (κ2) is 8.07. The van der Waals surface area contributed by atoms with Gasteiger partial charge in [-0.2, -0.15) is 11.8 Å². The van der Waals surface area contributed by atoms with Gasteiger partial charge in [-0.15, -0.1) is 5.10 Å². The molecule has 0 aliphatic carbocycles. The monoisotopic (exact) mass is 365 g/mol. The third kappa shape index (κ3) is 3.78. The summed E-state index contributed by atoms with van der Waals surface area (Å²) in [5.41, 5.74) is 1.54. The second-order valence-corrected chi connectivity index (χ2v) is 7.83. The van der Waals surface area contributed by atoms with E-state index < -0.39 is 0 Å². The highest BCUT2D eigenvalue weighted by Crippen LogP contribution is 2.36. The number of hydrogen-bond acceptors (Lipinski definition) is 5. The van der Waals surface area contributed by atoms with Crippen LogP contribution in [-0.4, -0.2) is 39.2 Å². The van der Waals surface area contributed by atoms with Gasteiger partial charge in [0.2, 0.25) is 0 Å². The van der Waals surface area contributed by atoms with Crippen LogP contribution < -0.4 is 0 Å². The zero-order valence-corrected chi connectivity index (χ0v) is 15.2. The SMILES string of the molecule is CCCc1nnsc1C(=O)N1CCSC(c2ccccc2F)CC1. The van der Waals surface area contributed by atoms with Crippen LogP contribution in [0.1, 0.15) is 45.9 Å². The Kier molecular flexibility index (Phi) is 5.84. The molecule has 1 aromatic heterocycles. The lowest BCUT2D eigenvalue weighted by Crippen LogP contribution is -2.33. The summed E-state index contributed by atoms with van der Waals surface area (Å²) in [5.74, 6) is 0.662. The average molecular weight is 365 g/mol. The molecule has 1 atom stereocenters. The van der Waals surface area contributed by atoms with Crippen LogP contribution in [0.4, 0.5) is 4.39 Å². The first-order valence-corrected chi connectivity index (χ1v) is 9.99. The first-order chi connectivity index (χ1) is 11.7. The Bertz CT molecular complexity index is 707. The van der Waals surface area contributed by atoms with E-state index in [9.17, 15) is 9.18 Å². The van der Waals surface area contributed by atoms with Crippen LogP contribution in [0.5, 0.6) is 0 Å². The van der Waals surface area contributed by atoms with Gasteiger partial charge in [-0.25, -0.2) is 4.39 Å². The number of halogens is 1. The molecule has 4 nitrogen and oxygen atoms in total. The summed E-state index contributed by atoms with van der Waals surface area (Å²) in [4.78, 5) is 15.3. The third-order valence-corrected chi connectivity index (χ3v) is 6.18. The Labute approximate surface area is 149 Å². The molecule has 1 unspecified atom stereocenters. The van der Waals surface area contributed by atoms with Gasteiger partial charge in [-0.3, -0.25) is 4.79 Å². The van der Waals surface area contributed by atoms with E-state index in [0.29, 0.717) is 18.0 Å². The number of benzene rings is 1. The highest BCUT2D eigenvalue weighted by molar-refractivity contribution is 7.99. The van der Waals surface area contributed by atoms with Crippen LogP contribution in [0.15, 0.2) is 24.3 Å². The van der Waals surface area contributed by atoms with E-state index in [1.165, 1.54) is 17.6 Å². The zero-order chi connectivity index (χ0) is 16.9. The number of carbonyl (C=O) groups excluding carboxylic acids is 1. The van der Waals surface area contributed by atoms with Crippen LogP contribution in [-0.2, 0) is 6.42 Å². The average Bonchev–Trinajstić information content (AvgIpc) is 2.90. The molecular weight excluding hydrogens is 345 g/mol. The first-order valence-electron chi connectivity index (χ1n) is 8.17. The van der Waals surface area contributed by atoms with E-state index in [-0.39, 0.29) is 17.0 Å². The molecule has 1 aliphatic heterocycles. The zero-order valence-electron chi connectivity index (χ0n) is 13.6. The maximum Gasteiger partial charge on any atom is 0.267 e. The van der Waals surface area contributed by atoms with E-state index in [1.807, 2.05) is 17.0 Å². The fourth-order valence-corrected chi connectivity index (χ4v) is 4.80. The smallest absolute Gasteiger partial charge is 0.267 e. The number of rotatable bonds is 4. The molecule has 1 aliphatic rings. The van der Waals surface area contributed by atoms with Crippen LogP contribution in [0.2, 0.25) is 0 Å². The molecule has 24 heavy (non-hydrogen) atoms. The molecule has 1 aromatic carbocycles. The summed E-state index contributed by atoms with van der Waals surface area (Å²) in [6.07, 6.45) is 2.47. The van der Waals surface area contributed by atoms with Crippen molar-refractivity contribution in [2.75, 3.05) is 18.8 Å². The second-order valence-electron chi connectivity index (χ2n) is 5.76. The van der Waals surface area contributed by atoms with Gasteiger partial charge in [0.25, 0.3) is 5.91 Å². The van der Waals surface area contributed by atoms with Gasteiger partial charge in [0, 0.05) is 29.7 Å². The highest BCUT2D eigenvalue weighted by Gasteiger charge is 2.26. The van der Waals surface area contributed by atoms with Crippen molar-refractivity contribution in [2.45, 2.75) is 31.4 Å². The van der Waals surface area contributed by atoms with Crippen molar-refractivity contribution in [1.82, 2.24) is 14.5 Å². The molecule has 2 heterocycles. The fourth-order valence-electron chi connectivity index (χ4n) is 2.87.